The summed E-state index contributed by atoms with van der Waals surface area (Å²) < 4.78 is 12.3. The molecule has 8 rings (SSSR count). The molecule has 324 valence electrons. The highest BCUT2D eigenvalue weighted by Gasteiger charge is 2.36. The Bertz CT molecular complexity index is 2750. The van der Waals surface area contributed by atoms with Crippen LogP contribution in [0.2, 0.25) is 0 Å². The van der Waals surface area contributed by atoms with Crippen molar-refractivity contribution in [3.8, 4) is 0 Å². The van der Waals surface area contributed by atoms with Crippen molar-refractivity contribution in [2.45, 2.75) is 53.9 Å². The number of nitrogens with two attached hydrogens (primary N) is 3. The fourth-order valence-electron chi connectivity index (χ4n) is 8.27. The Hall–Kier alpha value is -7.13. The van der Waals surface area contributed by atoms with Gasteiger partial charge in [0.1, 0.15) is 16.9 Å². The number of pyridine rings is 1. The maximum atomic E-state index is 13.8. The van der Waals surface area contributed by atoms with Gasteiger partial charge in [-0.05, 0) is 52.0 Å². The molecule has 2 aliphatic rings. The largest absolute Gasteiger partial charge is 0.395 e. The molecular formula is C41H50N16O5. The Morgan fingerprint density at radius 2 is 1.47 bits per heavy atom. The van der Waals surface area contributed by atoms with E-state index in [-0.39, 0.29) is 47.5 Å². The minimum absolute atomic E-state index is 0.146. The van der Waals surface area contributed by atoms with E-state index in [0.29, 0.717) is 76.4 Å². The van der Waals surface area contributed by atoms with Crippen LogP contribution in [-0.4, -0.2) is 112 Å². The molecule has 2 fully saturated rings. The molecule has 0 radical (unpaired) electrons. The van der Waals surface area contributed by atoms with Gasteiger partial charge in [0, 0.05) is 76.0 Å². The number of nitrogens with zero attached hydrogens (tertiary/aromatic N) is 10. The number of carbonyl (C=O) groups excluding carboxylic acids is 4. The third kappa shape index (κ3) is 8.06. The summed E-state index contributed by atoms with van der Waals surface area (Å²) in [6.07, 6.45) is 5.07. The number of nitrogen functional groups attached to an aromatic ring is 1. The van der Waals surface area contributed by atoms with Crippen LogP contribution in [0.25, 0.3) is 22.2 Å². The second kappa shape index (κ2) is 17.1. The Morgan fingerprint density at radius 3 is 2.16 bits per heavy atom. The normalized spacial score (nSPS) is 16.5. The molecule has 2 atom stereocenters. The minimum atomic E-state index is -0.676. The van der Waals surface area contributed by atoms with Gasteiger partial charge in [0.2, 0.25) is 23.7 Å². The maximum absolute atomic E-state index is 13.8. The number of benzene rings is 1. The summed E-state index contributed by atoms with van der Waals surface area (Å²) in [7, 11) is 0. The van der Waals surface area contributed by atoms with Gasteiger partial charge in [0.05, 0.1) is 52.6 Å². The van der Waals surface area contributed by atoms with E-state index in [0.717, 1.165) is 32.8 Å². The summed E-state index contributed by atoms with van der Waals surface area (Å²) in [6, 6.07) is 6.53. The second-order valence-electron chi connectivity index (χ2n) is 15.6. The molecule has 0 bridgehead atoms. The molecule has 1 aromatic carbocycles. The summed E-state index contributed by atoms with van der Waals surface area (Å²) in [6.45, 7) is 13.4. The smallest absolute Gasteiger partial charge is 0.278 e. The van der Waals surface area contributed by atoms with Crippen molar-refractivity contribution in [2.24, 2.45) is 23.3 Å². The average molecular weight is 847 g/mol. The number of carbonyl (C=O) groups is 4. The molecule has 21 nitrogen and oxygen atoms in total. The van der Waals surface area contributed by atoms with Crippen LogP contribution in [0.15, 0.2) is 42.6 Å². The van der Waals surface area contributed by atoms with Crippen molar-refractivity contribution >= 4 is 69.1 Å². The quantitative estimate of drug-likeness (QED) is 0.0765. The molecule has 0 spiro atoms. The average Bonchev–Trinajstić information content (AvgIpc) is 4.09. The maximum Gasteiger partial charge on any atom is 0.278 e. The molecule has 2 saturated heterocycles. The van der Waals surface area contributed by atoms with Crippen LogP contribution in [-0.2, 0) is 30.9 Å². The van der Waals surface area contributed by atoms with E-state index >= 15 is 0 Å². The van der Waals surface area contributed by atoms with Gasteiger partial charge in [0.25, 0.3) is 11.8 Å². The van der Waals surface area contributed by atoms with Crippen molar-refractivity contribution in [2.75, 3.05) is 61.1 Å². The zero-order valence-corrected chi connectivity index (χ0v) is 35.0. The van der Waals surface area contributed by atoms with Crippen molar-refractivity contribution in [1.82, 2.24) is 48.5 Å². The third-order valence-electron chi connectivity index (χ3n) is 11.4. The van der Waals surface area contributed by atoms with Gasteiger partial charge < -0.3 is 36.7 Å². The summed E-state index contributed by atoms with van der Waals surface area (Å²) >= 11 is 0. The van der Waals surface area contributed by atoms with Crippen molar-refractivity contribution in [3.05, 3.63) is 76.5 Å². The van der Waals surface area contributed by atoms with Gasteiger partial charge in [-0.25, -0.2) is 15.0 Å². The number of likely N-dealkylation sites (tertiary alicyclic amines) is 1. The number of fused-ring (bicyclic) bond motifs is 3. The van der Waals surface area contributed by atoms with Crippen LogP contribution in [0.5, 0.6) is 0 Å². The Labute approximate surface area is 355 Å². The SMILES string of the molecule is CCn1nc(C)cc1C(=O)Nc1nc2cc(C(N)=O)cc(NCCN3CC4COCC4C3)c2n1C/C=C/Cn1c(NC(=O)c2c(N)c(C)nn2CC)nc2cc(C(N)=O)cnc21. The van der Waals surface area contributed by atoms with E-state index in [1.165, 1.54) is 16.9 Å². The Kier molecular flexibility index (Phi) is 11.5. The van der Waals surface area contributed by atoms with Gasteiger partial charge in [-0.1, -0.05) is 12.2 Å². The molecule has 62 heavy (non-hydrogen) atoms. The summed E-state index contributed by atoms with van der Waals surface area (Å²) in [4.78, 5) is 68.5. The molecule has 7 heterocycles. The number of hydrogen-bond acceptors (Lipinski definition) is 13. The molecule has 5 aromatic heterocycles. The van der Waals surface area contributed by atoms with E-state index < -0.39 is 23.6 Å². The number of imidazole rings is 2. The fourth-order valence-corrected chi connectivity index (χ4v) is 8.27. The highest BCUT2D eigenvalue weighted by Crippen LogP contribution is 2.32. The highest BCUT2D eigenvalue weighted by atomic mass is 16.5. The van der Waals surface area contributed by atoms with Crippen molar-refractivity contribution in [1.29, 1.82) is 0 Å². The molecule has 21 heteroatoms. The predicted octanol–water partition coefficient (Wildman–Crippen LogP) is 2.36. The van der Waals surface area contributed by atoms with Gasteiger partial charge in [-0.3, -0.25) is 43.7 Å². The first kappa shape index (κ1) is 41.6. The number of rotatable bonds is 16. The van der Waals surface area contributed by atoms with Crippen LogP contribution in [0, 0.1) is 25.7 Å². The first-order valence-electron chi connectivity index (χ1n) is 20.5. The van der Waals surface area contributed by atoms with Crippen LogP contribution >= 0.6 is 0 Å². The number of allylic oxidation sites excluding steroid dienone is 2. The zero-order chi connectivity index (χ0) is 43.8. The molecular weight excluding hydrogens is 797 g/mol. The van der Waals surface area contributed by atoms with E-state index in [1.807, 2.05) is 37.5 Å². The highest BCUT2D eigenvalue weighted by molar-refractivity contribution is 6.07. The first-order valence-corrected chi connectivity index (χ1v) is 20.5. The van der Waals surface area contributed by atoms with Crippen LogP contribution in [0.4, 0.5) is 23.3 Å². The first-order chi connectivity index (χ1) is 29.8. The predicted molar refractivity (Wildman–Crippen MR) is 232 cm³/mol. The van der Waals surface area contributed by atoms with Crippen LogP contribution in [0.1, 0.15) is 66.9 Å². The fraction of sp³-hybridized carbons (Fsp3) is 0.390. The monoisotopic (exact) mass is 846 g/mol. The number of nitrogens with one attached hydrogen (secondary N) is 3. The standard InChI is InChI=1S/C41H50N16O5/c1-5-56-31(13-22(3)51-56)38(60)49-40-47-29-15-24(35(43)58)14-28(45-9-12-53-18-26-20-62-21-27(26)19-53)33(29)54(40)10-7-8-11-55-37-30(16-25(17-46-37)36(44)59)48-41(55)50-39(61)34-32(42)23(4)52-57(34)6-2/h7-8,13-17,26-27,45H,5-6,9-12,18-21,42H2,1-4H3,(H2,43,58)(H2,44,59)(H,47,49,60)(H,48,50,61)/b8-7+. The van der Waals surface area contributed by atoms with E-state index in [4.69, 9.17) is 26.9 Å². The number of amides is 4. The summed E-state index contributed by atoms with van der Waals surface area (Å²) in [5, 5.41) is 18.2. The lowest BCUT2D eigenvalue weighted by molar-refractivity contribution is 0.0992. The van der Waals surface area contributed by atoms with Crippen molar-refractivity contribution < 1.29 is 23.9 Å². The van der Waals surface area contributed by atoms with E-state index in [2.05, 4.69) is 41.0 Å². The molecule has 2 aliphatic heterocycles. The lowest BCUT2D eigenvalue weighted by Crippen LogP contribution is -2.28. The number of primary amides is 2. The lowest BCUT2D eigenvalue weighted by Gasteiger charge is -2.18. The van der Waals surface area contributed by atoms with Gasteiger partial charge in [0.15, 0.2) is 5.65 Å². The van der Waals surface area contributed by atoms with Crippen molar-refractivity contribution in [3.63, 3.8) is 0 Å². The topological polar surface area (TPSA) is 279 Å². The summed E-state index contributed by atoms with van der Waals surface area (Å²) in [5.74, 6) is -0.772. The Balaban J connectivity index is 1.13. The van der Waals surface area contributed by atoms with E-state index in [9.17, 15) is 19.2 Å². The molecule has 2 unspecified atom stereocenters. The lowest BCUT2D eigenvalue weighted by atomic mass is 10.0. The number of anilines is 4. The van der Waals surface area contributed by atoms with Gasteiger partial charge in [-0.2, -0.15) is 10.2 Å². The van der Waals surface area contributed by atoms with Gasteiger partial charge >= 0.3 is 0 Å². The summed E-state index contributed by atoms with van der Waals surface area (Å²) in [5.41, 5.74) is 22.5. The van der Waals surface area contributed by atoms with Crippen LogP contribution < -0.4 is 33.2 Å². The number of aryl methyl sites for hydroxylation is 4. The zero-order valence-electron chi connectivity index (χ0n) is 35.0. The molecule has 9 N–H and O–H groups in total. The molecule has 4 amide bonds. The molecule has 0 aliphatic carbocycles. The van der Waals surface area contributed by atoms with Gasteiger partial charge in [-0.15, -0.1) is 0 Å². The number of aromatic nitrogens is 9. The molecule has 6 aromatic rings. The Morgan fingerprint density at radius 1 is 0.823 bits per heavy atom. The number of hydrogen-bond donors (Lipinski definition) is 6. The molecule has 0 saturated carbocycles. The van der Waals surface area contributed by atoms with Crippen LogP contribution in [0.3, 0.4) is 0 Å². The number of ether oxygens (including phenoxy) is 1. The van der Waals surface area contributed by atoms with E-state index in [1.54, 1.807) is 34.4 Å². The minimum Gasteiger partial charge on any atom is -0.395 e. The second-order valence-corrected chi connectivity index (χ2v) is 15.6. The third-order valence-corrected chi connectivity index (χ3v) is 11.4.